The Morgan fingerprint density at radius 3 is 2.40 bits per heavy atom. The van der Waals surface area contributed by atoms with Crippen LogP contribution >= 0.6 is 35.6 Å². The first-order chi connectivity index (χ1) is 11.4. The summed E-state index contributed by atoms with van der Waals surface area (Å²) < 4.78 is 27.8. The summed E-state index contributed by atoms with van der Waals surface area (Å²) in [4.78, 5) is 12.1. The van der Waals surface area contributed by atoms with E-state index in [1.165, 1.54) is 30.5 Å². The topological polar surface area (TPSA) is 93.1 Å². The van der Waals surface area contributed by atoms with Gasteiger partial charge in [-0.15, -0.1) is 12.4 Å². The molecular formula is C14H17Cl3N4O3S. The zero-order valence-corrected chi connectivity index (χ0v) is 16.3. The van der Waals surface area contributed by atoms with Gasteiger partial charge in [0.05, 0.1) is 21.8 Å². The molecule has 2 rings (SSSR count). The van der Waals surface area contributed by atoms with E-state index in [-0.39, 0.29) is 33.9 Å². The summed E-state index contributed by atoms with van der Waals surface area (Å²) >= 11 is 11.5. The van der Waals surface area contributed by atoms with Crippen LogP contribution < -0.4 is 15.6 Å². The number of nitrogens with zero attached hydrogens (tertiary/aromatic N) is 2. The van der Waals surface area contributed by atoms with Crippen molar-refractivity contribution in [1.82, 2.24) is 19.8 Å². The fourth-order valence-electron chi connectivity index (χ4n) is 1.90. The maximum Gasteiger partial charge on any atom is 0.291 e. The van der Waals surface area contributed by atoms with Crippen molar-refractivity contribution in [3.8, 4) is 5.69 Å². The van der Waals surface area contributed by atoms with E-state index in [4.69, 9.17) is 23.2 Å². The minimum Gasteiger partial charge on any atom is -0.316 e. The second-order valence-electron chi connectivity index (χ2n) is 4.77. The maximum atomic E-state index is 12.1. The highest BCUT2D eigenvalue weighted by atomic mass is 35.5. The lowest BCUT2D eigenvalue weighted by molar-refractivity contribution is 0.577. The molecule has 11 heteroatoms. The van der Waals surface area contributed by atoms with E-state index in [2.05, 4.69) is 15.1 Å². The van der Waals surface area contributed by atoms with Gasteiger partial charge < -0.3 is 5.32 Å². The van der Waals surface area contributed by atoms with Gasteiger partial charge in [-0.1, -0.05) is 30.1 Å². The Kier molecular flexibility index (Phi) is 8.33. The van der Waals surface area contributed by atoms with Gasteiger partial charge in [-0.25, -0.2) is 13.1 Å². The van der Waals surface area contributed by atoms with Crippen LogP contribution in [0.5, 0.6) is 0 Å². The van der Waals surface area contributed by atoms with Crippen LogP contribution in [0.3, 0.4) is 0 Å². The molecule has 1 aromatic heterocycles. The standard InChI is InChI=1S/C14H16Cl2N4O3S.ClH/c1-2-17-7-8-19-24(22,23)11-5-3-10(4-6-11)20-14(21)13(16)12(15)9-18-20;/h3-6,9,17,19H,2,7-8H2,1H3;1H. The molecule has 0 aliphatic rings. The van der Waals surface area contributed by atoms with Crippen LogP contribution in [-0.4, -0.2) is 37.8 Å². The molecular weight excluding hydrogens is 411 g/mol. The lowest BCUT2D eigenvalue weighted by atomic mass is 10.3. The number of hydrogen-bond acceptors (Lipinski definition) is 5. The molecule has 0 unspecified atom stereocenters. The Labute approximate surface area is 161 Å². The highest BCUT2D eigenvalue weighted by Gasteiger charge is 2.14. The van der Waals surface area contributed by atoms with Crippen molar-refractivity contribution < 1.29 is 8.42 Å². The highest BCUT2D eigenvalue weighted by molar-refractivity contribution is 7.89. The second kappa shape index (κ2) is 9.51. The SMILES string of the molecule is CCNCCNS(=O)(=O)c1ccc(-n2ncc(Cl)c(Cl)c2=O)cc1.Cl. The zero-order valence-electron chi connectivity index (χ0n) is 13.2. The van der Waals surface area contributed by atoms with Crippen molar-refractivity contribution in [2.24, 2.45) is 0 Å². The van der Waals surface area contributed by atoms with Crippen LogP contribution in [0.15, 0.2) is 40.2 Å². The summed E-state index contributed by atoms with van der Waals surface area (Å²) in [6.07, 6.45) is 1.25. The third-order valence-corrected chi connectivity index (χ3v) is 5.34. The predicted molar refractivity (Wildman–Crippen MR) is 101 cm³/mol. The molecule has 0 fully saturated rings. The van der Waals surface area contributed by atoms with Crippen LogP contribution in [0, 0.1) is 0 Å². The van der Waals surface area contributed by atoms with E-state index >= 15 is 0 Å². The van der Waals surface area contributed by atoms with Crippen molar-refractivity contribution >= 4 is 45.6 Å². The number of hydrogen-bond donors (Lipinski definition) is 2. The van der Waals surface area contributed by atoms with Crippen LogP contribution in [0.1, 0.15) is 6.92 Å². The van der Waals surface area contributed by atoms with Crippen LogP contribution in [0.2, 0.25) is 10.0 Å². The van der Waals surface area contributed by atoms with Crippen molar-refractivity contribution in [1.29, 1.82) is 0 Å². The molecule has 25 heavy (non-hydrogen) atoms. The predicted octanol–water partition coefficient (Wildman–Crippen LogP) is 1.85. The Hall–Kier alpha value is -1.16. The smallest absolute Gasteiger partial charge is 0.291 e. The minimum atomic E-state index is -3.61. The molecule has 7 nitrogen and oxygen atoms in total. The maximum absolute atomic E-state index is 12.1. The van der Waals surface area contributed by atoms with Gasteiger partial charge in [-0.3, -0.25) is 4.79 Å². The molecule has 0 bridgehead atoms. The number of rotatable bonds is 7. The Morgan fingerprint density at radius 1 is 1.16 bits per heavy atom. The molecule has 0 saturated carbocycles. The van der Waals surface area contributed by atoms with E-state index in [1.807, 2.05) is 6.92 Å². The van der Waals surface area contributed by atoms with Gasteiger partial charge >= 0.3 is 0 Å². The fourth-order valence-corrected chi connectivity index (χ4v) is 3.18. The van der Waals surface area contributed by atoms with Gasteiger partial charge in [0.15, 0.2) is 0 Å². The molecule has 0 radical (unpaired) electrons. The number of sulfonamides is 1. The molecule has 0 aliphatic carbocycles. The first kappa shape index (κ1) is 21.9. The van der Waals surface area contributed by atoms with Crippen molar-refractivity contribution in [2.45, 2.75) is 11.8 Å². The molecule has 1 aromatic carbocycles. The molecule has 0 aliphatic heterocycles. The second-order valence-corrected chi connectivity index (χ2v) is 7.32. The van der Waals surface area contributed by atoms with Crippen LogP contribution in [0.4, 0.5) is 0 Å². The average molecular weight is 428 g/mol. The zero-order chi connectivity index (χ0) is 17.7. The van der Waals surface area contributed by atoms with Gasteiger partial charge in [0.25, 0.3) is 5.56 Å². The van der Waals surface area contributed by atoms with E-state index < -0.39 is 15.6 Å². The molecule has 0 amide bonds. The number of aromatic nitrogens is 2. The van der Waals surface area contributed by atoms with Gasteiger partial charge in [0, 0.05) is 13.1 Å². The molecule has 0 saturated heterocycles. The lowest BCUT2D eigenvalue weighted by Crippen LogP contribution is -2.31. The van der Waals surface area contributed by atoms with E-state index in [9.17, 15) is 13.2 Å². The first-order valence-corrected chi connectivity index (χ1v) is 9.35. The van der Waals surface area contributed by atoms with Gasteiger partial charge in [0.2, 0.25) is 10.0 Å². The van der Waals surface area contributed by atoms with Crippen molar-refractivity contribution in [3.05, 3.63) is 50.9 Å². The Balaban J connectivity index is 0.00000312. The van der Waals surface area contributed by atoms with Crippen LogP contribution in [0.25, 0.3) is 5.69 Å². The number of benzene rings is 1. The summed E-state index contributed by atoms with van der Waals surface area (Å²) in [5.41, 5.74) is -0.200. The summed E-state index contributed by atoms with van der Waals surface area (Å²) in [7, 11) is -3.61. The molecule has 0 atom stereocenters. The fraction of sp³-hybridized carbons (Fsp3) is 0.286. The normalized spacial score (nSPS) is 11.2. The third kappa shape index (κ3) is 5.40. The van der Waals surface area contributed by atoms with Gasteiger partial charge in [0.1, 0.15) is 5.02 Å². The number of nitrogens with one attached hydrogen (secondary N) is 2. The van der Waals surface area contributed by atoms with Gasteiger partial charge in [-0.05, 0) is 30.8 Å². The van der Waals surface area contributed by atoms with Crippen molar-refractivity contribution in [2.75, 3.05) is 19.6 Å². The molecule has 1 heterocycles. The van der Waals surface area contributed by atoms with Crippen molar-refractivity contribution in [3.63, 3.8) is 0 Å². The first-order valence-electron chi connectivity index (χ1n) is 7.11. The summed E-state index contributed by atoms with van der Waals surface area (Å²) in [6, 6.07) is 5.72. The molecule has 2 N–H and O–H groups in total. The summed E-state index contributed by atoms with van der Waals surface area (Å²) in [6.45, 7) is 3.52. The van der Waals surface area contributed by atoms with Gasteiger partial charge in [-0.2, -0.15) is 9.78 Å². The third-order valence-electron chi connectivity index (χ3n) is 3.11. The molecule has 138 valence electrons. The average Bonchev–Trinajstić information content (AvgIpc) is 2.57. The highest BCUT2D eigenvalue weighted by Crippen LogP contribution is 2.17. The number of likely N-dealkylation sites (N-methyl/N-ethyl adjacent to an activating group) is 1. The monoisotopic (exact) mass is 426 g/mol. The largest absolute Gasteiger partial charge is 0.316 e. The van der Waals surface area contributed by atoms with E-state index in [1.54, 1.807) is 0 Å². The molecule has 2 aromatic rings. The summed E-state index contributed by atoms with van der Waals surface area (Å²) in [5, 5.41) is 6.82. The molecule has 0 spiro atoms. The van der Waals surface area contributed by atoms with E-state index in [0.29, 0.717) is 12.2 Å². The van der Waals surface area contributed by atoms with E-state index in [0.717, 1.165) is 11.2 Å². The Bertz CT molecular complexity index is 870. The lowest BCUT2D eigenvalue weighted by Gasteiger charge is -2.09. The minimum absolute atomic E-state index is 0. The summed E-state index contributed by atoms with van der Waals surface area (Å²) in [5.74, 6) is 0. The quantitative estimate of drug-likeness (QED) is 0.658. The Morgan fingerprint density at radius 2 is 1.80 bits per heavy atom. The van der Waals surface area contributed by atoms with Crippen LogP contribution in [-0.2, 0) is 10.0 Å². The number of halogens is 3.